The first-order chi connectivity index (χ1) is 12.5. The summed E-state index contributed by atoms with van der Waals surface area (Å²) in [6.45, 7) is 4.80. The number of benzene rings is 1. The van der Waals surface area contributed by atoms with Crippen molar-refractivity contribution in [3.05, 3.63) is 65.0 Å². The zero-order valence-electron chi connectivity index (χ0n) is 15.4. The molecule has 1 aromatic heterocycles. The minimum absolute atomic E-state index is 0.0429. The lowest BCUT2D eigenvalue weighted by Crippen LogP contribution is -2.32. The molecule has 3 rings (SSSR count). The van der Waals surface area contributed by atoms with E-state index in [9.17, 15) is 9.59 Å². The normalized spacial score (nSPS) is 16.5. The van der Waals surface area contributed by atoms with Gasteiger partial charge in [-0.1, -0.05) is 30.3 Å². The van der Waals surface area contributed by atoms with Crippen LogP contribution >= 0.6 is 0 Å². The zero-order chi connectivity index (χ0) is 18.5. The molecule has 0 aliphatic carbocycles. The van der Waals surface area contributed by atoms with Crippen molar-refractivity contribution in [2.75, 3.05) is 6.54 Å². The molecule has 2 aromatic rings. The van der Waals surface area contributed by atoms with Gasteiger partial charge >= 0.3 is 0 Å². The van der Waals surface area contributed by atoms with Gasteiger partial charge in [0.1, 0.15) is 0 Å². The quantitative estimate of drug-likeness (QED) is 0.901. The van der Waals surface area contributed by atoms with E-state index in [1.165, 1.54) is 6.92 Å². The highest BCUT2D eigenvalue weighted by Gasteiger charge is 2.30. The van der Waals surface area contributed by atoms with Crippen LogP contribution in [0, 0.1) is 6.92 Å². The number of likely N-dealkylation sites (tertiary alicyclic amines) is 1. The maximum atomic E-state index is 12.8. The third-order valence-electron chi connectivity index (χ3n) is 4.91. The fourth-order valence-electron chi connectivity index (χ4n) is 3.41. The Hall–Kier alpha value is -2.69. The number of pyridine rings is 1. The van der Waals surface area contributed by atoms with Gasteiger partial charge in [-0.3, -0.25) is 14.6 Å². The summed E-state index contributed by atoms with van der Waals surface area (Å²) in [7, 11) is 0. The summed E-state index contributed by atoms with van der Waals surface area (Å²) in [5.41, 5.74) is 4.12. The summed E-state index contributed by atoms with van der Waals surface area (Å²) >= 11 is 0. The molecule has 1 saturated heterocycles. The highest BCUT2D eigenvalue weighted by atomic mass is 16.2. The minimum Gasteiger partial charge on any atom is -0.352 e. The van der Waals surface area contributed by atoms with E-state index in [1.54, 1.807) is 6.20 Å². The van der Waals surface area contributed by atoms with E-state index in [-0.39, 0.29) is 17.9 Å². The number of carbonyl (C=O) groups is 2. The van der Waals surface area contributed by atoms with Crippen LogP contribution in [0.5, 0.6) is 0 Å². The van der Waals surface area contributed by atoms with Crippen LogP contribution in [0.4, 0.5) is 0 Å². The smallest absolute Gasteiger partial charge is 0.227 e. The van der Waals surface area contributed by atoms with Crippen molar-refractivity contribution in [2.24, 2.45) is 0 Å². The standard InChI is InChI=1S/C21H25N3O2/c1-15-6-3-4-7-18(15)12-21(26)24-11-5-8-20(24)19-10-9-17(14-23-19)13-22-16(2)25/h3-4,6-7,9-10,14,20H,5,8,11-13H2,1-2H3,(H,22,25)/t20-/m0/s1. The van der Waals surface area contributed by atoms with Gasteiger partial charge in [-0.25, -0.2) is 0 Å². The van der Waals surface area contributed by atoms with Crippen LogP contribution in [0.25, 0.3) is 0 Å². The SMILES string of the molecule is CC(=O)NCc1ccc([C@@H]2CCCN2C(=O)Cc2ccccc2C)nc1. The van der Waals surface area contributed by atoms with E-state index in [1.807, 2.05) is 48.2 Å². The van der Waals surface area contributed by atoms with E-state index < -0.39 is 0 Å². The Balaban J connectivity index is 1.68. The van der Waals surface area contributed by atoms with Gasteiger partial charge in [0.15, 0.2) is 0 Å². The van der Waals surface area contributed by atoms with E-state index in [4.69, 9.17) is 0 Å². The van der Waals surface area contributed by atoms with Crippen molar-refractivity contribution in [3.63, 3.8) is 0 Å². The molecular formula is C21H25N3O2. The molecule has 1 fully saturated rings. The number of hydrogen-bond acceptors (Lipinski definition) is 3. The molecule has 1 aliphatic heterocycles. The topological polar surface area (TPSA) is 62.3 Å². The molecule has 1 aromatic carbocycles. The Labute approximate surface area is 154 Å². The number of hydrogen-bond donors (Lipinski definition) is 1. The average Bonchev–Trinajstić information content (AvgIpc) is 3.12. The highest BCUT2D eigenvalue weighted by molar-refractivity contribution is 5.80. The second-order valence-electron chi connectivity index (χ2n) is 6.85. The van der Waals surface area contributed by atoms with Gasteiger partial charge < -0.3 is 10.2 Å². The number of rotatable bonds is 5. The van der Waals surface area contributed by atoms with Crippen molar-refractivity contribution in [2.45, 2.75) is 45.7 Å². The molecule has 1 N–H and O–H groups in total. The first kappa shape index (κ1) is 18.1. The van der Waals surface area contributed by atoms with E-state index in [0.29, 0.717) is 13.0 Å². The van der Waals surface area contributed by atoms with Crippen LogP contribution in [-0.2, 0) is 22.6 Å². The van der Waals surface area contributed by atoms with Gasteiger partial charge in [0.05, 0.1) is 18.2 Å². The molecule has 1 atom stereocenters. The Bertz CT molecular complexity index is 786. The number of carbonyl (C=O) groups excluding carboxylic acids is 2. The van der Waals surface area contributed by atoms with Gasteiger partial charge in [0, 0.05) is 26.2 Å². The number of amides is 2. The first-order valence-electron chi connectivity index (χ1n) is 9.08. The van der Waals surface area contributed by atoms with Crippen LogP contribution in [-0.4, -0.2) is 28.2 Å². The van der Waals surface area contributed by atoms with Gasteiger partial charge in [0.2, 0.25) is 11.8 Å². The van der Waals surface area contributed by atoms with Crippen molar-refractivity contribution in [3.8, 4) is 0 Å². The molecule has 0 saturated carbocycles. The van der Waals surface area contributed by atoms with Crippen molar-refractivity contribution in [1.82, 2.24) is 15.2 Å². The molecule has 136 valence electrons. The molecular weight excluding hydrogens is 326 g/mol. The number of nitrogens with zero attached hydrogens (tertiary/aromatic N) is 2. The predicted octanol–water partition coefficient (Wildman–Crippen LogP) is 2.93. The lowest BCUT2D eigenvalue weighted by Gasteiger charge is -2.25. The third-order valence-corrected chi connectivity index (χ3v) is 4.91. The summed E-state index contributed by atoms with van der Waals surface area (Å²) in [6, 6.07) is 12.0. The van der Waals surface area contributed by atoms with Crippen LogP contribution < -0.4 is 5.32 Å². The molecule has 0 bridgehead atoms. The van der Waals surface area contributed by atoms with Crippen LogP contribution in [0.3, 0.4) is 0 Å². The van der Waals surface area contributed by atoms with Crippen molar-refractivity contribution >= 4 is 11.8 Å². The lowest BCUT2D eigenvalue weighted by atomic mass is 10.0. The van der Waals surface area contributed by atoms with Crippen LogP contribution in [0.1, 0.15) is 48.2 Å². The third kappa shape index (κ3) is 4.28. The van der Waals surface area contributed by atoms with Crippen LogP contribution in [0.2, 0.25) is 0 Å². The Kier molecular flexibility index (Phi) is 5.66. The number of aryl methyl sites for hydroxylation is 1. The van der Waals surface area contributed by atoms with Gasteiger partial charge in [-0.2, -0.15) is 0 Å². The molecule has 2 amide bonds. The molecule has 0 spiro atoms. The molecule has 0 unspecified atom stereocenters. The molecule has 5 heteroatoms. The van der Waals surface area contributed by atoms with Gasteiger partial charge in [0.25, 0.3) is 0 Å². The molecule has 0 radical (unpaired) electrons. The largest absolute Gasteiger partial charge is 0.352 e. The van der Waals surface area contributed by atoms with Crippen molar-refractivity contribution in [1.29, 1.82) is 0 Å². The Morgan fingerprint density at radius 3 is 2.73 bits per heavy atom. The van der Waals surface area contributed by atoms with Gasteiger partial charge in [-0.15, -0.1) is 0 Å². The lowest BCUT2D eigenvalue weighted by molar-refractivity contribution is -0.131. The van der Waals surface area contributed by atoms with E-state index in [2.05, 4.69) is 10.3 Å². The molecule has 26 heavy (non-hydrogen) atoms. The predicted molar refractivity (Wildman–Crippen MR) is 100 cm³/mol. The summed E-state index contributed by atoms with van der Waals surface area (Å²) in [6.07, 6.45) is 4.16. The second-order valence-corrected chi connectivity index (χ2v) is 6.85. The van der Waals surface area contributed by atoms with E-state index in [0.717, 1.165) is 41.8 Å². The fraction of sp³-hybridized carbons (Fsp3) is 0.381. The Morgan fingerprint density at radius 2 is 2.04 bits per heavy atom. The number of aromatic nitrogens is 1. The average molecular weight is 351 g/mol. The highest BCUT2D eigenvalue weighted by Crippen LogP contribution is 2.31. The van der Waals surface area contributed by atoms with Crippen molar-refractivity contribution < 1.29 is 9.59 Å². The van der Waals surface area contributed by atoms with Crippen LogP contribution in [0.15, 0.2) is 42.6 Å². The molecule has 1 aliphatic rings. The maximum absolute atomic E-state index is 12.8. The monoisotopic (exact) mass is 351 g/mol. The zero-order valence-corrected chi connectivity index (χ0v) is 15.4. The minimum atomic E-state index is -0.0575. The second kappa shape index (κ2) is 8.13. The molecule has 2 heterocycles. The molecule has 5 nitrogen and oxygen atoms in total. The summed E-state index contributed by atoms with van der Waals surface area (Å²) in [4.78, 5) is 30.4. The summed E-state index contributed by atoms with van der Waals surface area (Å²) in [5.74, 6) is 0.101. The fourth-order valence-corrected chi connectivity index (χ4v) is 3.41. The summed E-state index contributed by atoms with van der Waals surface area (Å²) < 4.78 is 0. The van der Waals surface area contributed by atoms with Gasteiger partial charge in [-0.05, 0) is 42.5 Å². The number of nitrogens with one attached hydrogen (secondary N) is 1. The first-order valence-corrected chi connectivity index (χ1v) is 9.08. The Morgan fingerprint density at radius 1 is 1.23 bits per heavy atom. The maximum Gasteiger partial charge on any atom is 0.227 e. The summed E-state index contributed by atoms with van der Waals surface area (Å²) in [5, 5.41) is 2.77. The van der Waals surface area contributed by atoms with E-state index >= 15 is 0 Å².